The lowest BCUT2D eigenvalue weighted by Crippen LogP contribution is -1.98. The van der Waals surface area contributed by atoms with Crippen molar-refractivity contribution in [1.82, 2.24) is 10.1 Å². The summed E-state index contributed by atoms with van der Waals surface area (Å²) < 4.78 is 5.36. The Morgan fingerprint density at radius 1 is 0.720 bits per heavy atom. The van der Waals surface area contributed by atoms with E-state index in [2.05, 4.69) is 27.6 Å². The fourth-order valence-electron chi connectivity index (χ4n) is 2.58. The summed E-state index contributed by atoms with van der Waals surface area (Å²) in [5.41, 5.74) is 4.15. The molecule has 0 bridgehead atoms. The Hall–Kier alpha value is -3.40. The summed E-state index contributed by atoms with van der Waals surface area (Å²) >= 11 is 0. The molecule has 0 aliphatic rings. The predicted molar refractivity (Wildman–Crippen MR) is 98.9 cm³/mol. The van der Waals surface area contributed by atoms with Crippen molar-refractivity contribution in [3.8, 4) is 22.8 Å². The summed E-state index contributed by atoms with van der Waals surface area (Å²) in [6.07, 6.45) is 0. The summed E-state index contributed by atoms with van der Waals surface area (Å²) in [5, 5.41) is 7.49. The number of anilines is 1. The number of hydrogen-bond donors (Lipinski definition) is 1. The average molecular weight is 327 g/mol. The van der Waals surface area contributed by atoms with Gasteiger partial charge in [0.15, 0.2) is 0 Å². The van der Waals surface area contributed by atoms with Gasteiger partial charge in [-0.3, -0.25) is 0 Å². The zero-order chi connectivity index (χ0) is 16.9. The van der Waals surface area contributed by atoms with Crippen molar-refractivity contribution in [3.63, 3.8) is 0 Å². The summed E-state index contributed by atoms with van der Waals surface area (Å²) in [6, 6.07) is 28.1. The van der Waals surface area contributed by atoms with Crippen molar-refractivity contribution in [2.75, 3.05) is 5.32 Å². The van der Waals surface area contributed by atoms with Gasteiger partial charge in [-0.05, 0) is 42.0 Å². The average Bonchev–Trinajstić information content (AvgIpc) is 3.19. The molecule has 122 valence electrons. The van der Waals surface area contributed by atoms with Crippen molar-refractivity contribution in [1.29, 1.82) is 0 Å². The molecule has 4 rings (SSSR count). The molecule has 0 fully saturated rings. The molecule has 0 aliphatic heterocycles. The zero-order valence-corrected chi connectivity index (χ0v) is 13.6. The maximum atomic E-state index is 5.36. The van der Waals surface area contributed by atoms with Gasteiger partial charge < -0.3 is 9.84 Å². The van der Waals surface area contributed by atoms with Crippen LogP contribution in [0, 0.1) is 0 Å². The van der Waals surface area contributed by atoms with E-state index in [0.717, 1.165) is 23.4 Å². The molecule has 0 amide bonds. The van der Waals surface area contributed by atoms with E-state index in [1.165, 1.54) is 5.56 Å². The molecule has 0 atom stereocenters. The first kappa shape index (κ1) is 15.1. The highest BCUT2D eigenvalue weighted by molar-refractivity contribution is 5.62. The number of nitrogens with zero attached hydrogens (tertiary/aromatic N) is 2. The molecule has 0 radical (unpaired) electrons. The number of hydrogen-bond acceptors (Lipinski definition) is 4. The third-order valence-electron chi connectivity index (χ3n) is 3.93. The van der Waals surface area contributed by atoms with E-state index in [4.69, 9.17) is 4.52 Å². The second kappa shape index (κ2) is 7.01. The Morgan fingerprint density at radius 3 is 2.12 bits per heavy atom. The molecule has 0 unspecified atom stereocenters. The van der Waals surface area contributed by atoms with Gasteiger partial charge in [0.1, 0.15) is 0 Å². The smallest absolute Gasteiger partial charge is 0.258 e. The van der Waals surface area contributed by atoms with Gasteiger partial charge in [0.2, 0.25) is 5.82 Å². The first-order chi connectivity index (χ1) is 12.4. The van der Waals surface area contributed by atoms with Crippen LogP contribution in [0.4, 0.5) is 5.69 Å². The lowest BCUT2D eigenvalue weighted by molar-refractivity contribution is 0.432. The first-order valence-electron chi connectivity index (χ1n) is 8.16. The standard InChI is InChI=1S/C21H17N3O/c1-3-7-16(8-4-1)15-22-19-13-11-17(12-14-19)20-23-21(25-24-20)18-9-5-2-6-10-18/h1-14,22H,15H2. The van der Waals surface area contributed by atoms with Crippen LogP contribution in [-0.2, 0) is 6.54 Å². The van der Waals surface area contributed by atoms with E-state index in [0.29, 0.717) is 11.7 Å². The van der Waals surface area contributed by atoms with E-state index in [1.54, 1.807) is 0 Å². The third kappa shape index (κ3) is 3.58. The van der Waals surface area contributed by atoms with Crippen molar-refractivity contribution in [2.24, 2.45) is 0 Å². The Morgan fingerprint density at radius 2 is 1.40 bits per heavy atom. The van der Waals surface area contributed by atoms with E-state index < -0.39 is 0 Å². The number of rotatable bonds is 5. The molecular formula is C21H17N3O. The summed E-state index contributed by atoms with van der Waals surface area (Å²) in [6.45, 7) is 0.792. The van der Waals surface area contributed by atoms with Crippen LogP contribution in [0.5, 0.6) is 0 Å². The Labute approximate surface area is 146 Å². The minimum Gasteiger partial charge on any atom is -0.381 e. The molecule has 4 aromatic rings. The Kier molecular flexibility index (Phi) is 4.25. The molecule has 1 N–H and O–H groups in total. The van der Waals surface area contributed by atoms with E-state index in [1.807, 2.05) is 72.8 Å². The summed E-state index contributed by atoms with van der Waals surface area (Å²) in [4.78, 5) is 4.48. The highest BCUT2D eigenvalue weighted by Crippen LogP contribution is 2.23. The molecule has 0 saturated carbocycles. The lowest BCUT2D eigenvalue weighted by Gasteiger charge is -2.06. The van der Waals surface area contributed by atoms with Crippen LogP contribution >= 0.6 is 0 Å². The molecule has 1 heterocycles. The van der Waals surface area contributed by atoms with Gasteiger partial charge in [0.05, 0.1) is 0 Å². The molecule has 3 aromatic carbocycles. The molecule has 4 heteroatoms. The predicted octanol–water partition coefficient (Wildman–Crippen LogP) is 5.02. The van der Waals surface area contributed by atoms with Gasteiger partial charge in [-0.15, -0.1) is 0 Å². The topological polar surface area (TPSA) is 51.0 Å². The lowest BCUT2D eigenvalue weighted by atomic mass is 10.2. The van der Waals surface area contributed by atoms with E-state index in [-0.39, 0.29) is 0 Å². The van der Waals surface area contributed by atoms with Crippen LogP contribution in [0.3, 0.4) is 0 Å². The third-order valence-corrected chi connectivity index (χ3v) is 3.93. The number of aromatic nitrogens is 2. The first-order valence-corrected chi connectivity index (χ1v) is 8.16. The zero-order valence-electron chi connectivity index (χ0n) is 13.6. The Bertz CT molecular complexity index is 932. The van der Waals surface area contributed by atoms with E-state index >= 15 is 0 Å². The van der Waals surface area contributed by atoms with Gasteiger partial charge >= 0.3 is 0 Å². The van der Waals surface area contributed by atoms with Crippen LogP contribution < -0.4 is 5.32 Å². The Balaban J connectivity index is 1.46. The van der Waals surface area contributed by atoms with E-state index in [9.17, 15) is 0 Å². The molecule has 0 aliphatic carbocycles. The molecular weight excluding hydrogens is 310 g/mol. The number of nitrogens with one attached hydrogen (secondary N) is 1. The van der Waals surface area contributed by atoms with Gasteiger partial charge in [0.25, 0.3) is 5.89 Å². The van der Waals surface area contributed by atoms with Crippen LogP contribution in [-0.4, -0.2) is 10.1 Å². The van der Waals surface area contributed by atoms with Crippen LogP contribution in [0.15, 0.2) is 89.5 Å². The van der Waals surface area contributed by atoms with Crippen molar-refractivity contribution in [2.45, 2.75) is 6.54 Å². The second-order valence-corrected chi connectivity index (χ2v) is 5.71. The SMILES string of the molecule is c1ccc(CNc2ccc(-c3noc(-c4ccccc4)n3)cc2)cc1. The van der Waals surface area contributed by atoms with Gasteiger partial charge in [-0.2, -0.15) is 4.98 Å². The van der Waals surface area contributed by atoms with Crippen LogP contribution in [0.25, 0.3) is 22.8 Å². The molecule has 25 heavy (non-hydrogen) atoms. The quantitative estimate of drug-likeness (QED) is 0.559. The van der Waals surface area contributed by atoms with Gasteiger partial charge in [-0.1, -0.05) is 53.7 Å². The van der Waals surface area contributed by atoms with Gasteiger partial charge in [0, 0.05) is 23.4 Å². The number of benzene rings is 3. The summed E-state index contributed by atoms with van der Waals surface area (Å²) in [5.74, 6) is 1.12. The molecule has 1 aromatic heterocycles. The van der Waals surface area contributed by atoms with Gasteiger partial charge in [-0.25, -0.2) is 0 Å². The highest BCUT2D eigenvalue weighted by atomic mass is 16.5. The summed E-state index contributed by atoms with van der Waals surface area (Å²) in [7, 11) is 0. The van der Waals surface area contributed by atoms with Crippen molar-refractivity contribution < 1.29 is 4.52 Å². The van der Waals surface area contributed by atoms with Crippen molar-refractivity contribution in [3.05, 3.63) is 90.5 Å². The van der Waals surface area contributed by atoms with Crippen LogP contribution in [0.1, 0.15) is 5.56 Å². The highest BCUT2D eigenvalue weighted by Gasteiger charge is 2.10. The normalized spacial score (nSPS) is 10.6. The van der Waals surface area contributed by atoms with Crippen LogP contribution in [0.2, 0.25) is 0 Å². The maximum absolute atomic E-state index is 5.36. The second-order valence-electron chi connectivity index (χ2n) is 5.71. The largest absolute Gasteiger partial charge is 0.381 e. The fourth-order valence-corrected chi connectivity index (χ4v) is 2.58. The maximum Gasteiger partial charge on any atom is 0.258 e. The fraction of sp³-hybridized carbons (Fsp3) is 0.0476. The minimum atomic E-state index is 0.530. The minimum absolute atomic E-state index is 0.530. The monoisotopic (exact) mass is 327 g/mol. The van der Waals surface area contributed by atoms with Crippen molar-refractivity contribution >= 4 is 5.69 Å². The molecule has 4 nitrogen and oxygen atoms in total. The molecule has 0 spiro atoms. The molecule has 0 saturated heterocycles.